The van der Waals surface area contributed by atoms with Gasteiger partial charge in [0.2, 0.25) is 10.0 Å². The normalized spacial score (nSPS) is 34.1. The Bertz CT molecular complexity index is 491. The number of carbonyl (C=O) groups excluding carboxylic acids is 1. The second-order valence-corrected chi connectivity index (χ2v) is 7.62. The first-order chi connectivity index (χ1) is 8.78. The van der Waals surface area contributed by atoms with Crippen molar-refractivity contribution in [3.63, 3.8) is 0 Å². The second kappa shape index (κ2) is 4.13. The lowest BCUT2D eigenvalue weighted by Gasteiger charge is -2.45. The zero-order chi connectivity index (χ0) is 13.8. The van der Waals surface area contributed by atoms with E-state index in [4.69, 9.17) is 4.74 Å². The molecule has 2 unspecified atom stereocenters. The van der Waals surface area contributed by atoms with Gasteiger partial charge in [-0.2, -0.15) is 4.31 Å². The molecule has 2 saturated heterocycles. The molecule has 19 heavy (non-hydrogen) atoms. The van der Waals surface area contributed by atoms with E-state index in [1.165, 1.54) is 9.21 Å². The van der Waals surface area contributed by atoms with Crippen molar-refractivity contribution in [3.8, 4) is 0 Å². The molecule has 0 aromatic carbocycles. The highest BCUT2D eigenvalue weighted by atomic mass is 32.2. The molecule has 2 bridgehead atoms. The summed E-state index contributed by atoms with van der Waals surface area (Å²) < 4.78 is 43.9. The summed E-state index contributed by atoms with van der Waals surface area (Å²) in [6, 6.07) is 0. The summed E-state index contributed by atoms with van der Waals surface area (Å²) in [5, 5.41) is 0. The molecule has 108 valence electrons. The first kappa shape index (κ1) is 13.3. The first-order valence-corrected chi connectivity index (χ1v) is 8.22. The van der Waals surface area contributed by atoms with Crippen molar-refractivity contribution in [2.45, 2.75) is 30.7 Å². The van der Waals surface area contributed by atoms with Crippen molar-refractivity contribution < 1.29 is 22.3 Å². The van der Waals surface area contributed by atoms with Crippen molar-refractivity contribution in [1.29, 1.82) is 0 Å². The van der Waals surface area contributed by atoms with E-state index in [0.29, 0.717) is 12.8 Å². The van der Waals surface area contributed by atoms with E-state index in [9.17, 15) is 17.6 Å². The summed E-state index contributed by atoms with van der Waals surface area (Å²) in [7, 11) is -3.25. The molecule has 1 aliphatic carbocycles. The van der Waals surface area contributed by atoms with Gasteiger partial charge in [-0.05, 0) is 12.8 Å². The van der Waals surface area contributed by atoms with Crippen LogP contribution >= 0.6 is 0 Å². The molecule has 0 aromatic heterocycles. The first-order valence-electron chi connectivity index (χ1n) is 6.37. The third-order valence-electron chi connectivity index (χ3n) is 3.88. The lowest BCUT2D eigenvalue weighted by atomic mass is 10.1. The van der Waals surface area contributed by atoms with Crippen molar-refractivity contribution in [2.75, 3.05) is 32.4 Å². The number of morpholine rings is 2. The molecule has 2 heterocycles. The maximum atomic E-state index is 13.8. The molecule has 0 N–H and O–H groups in total. The number of hydrogen-bond donors (Lipinski definition) is 0. The number of rotatable bonds is 2. The van der Waals surface area contributed by atoms with E-state index in [2.05, 4.69) is 0 Å². The number of halogens is 1. The lowest BCUT2D eigenvalue weighted by Crippen LogP contribution is -2.62. The highest BCUT2D eigenvalue weighted by Crippen LogP contribution is 2.42. The van der Waals surface area contributed by atoms with Gasteiger partial charge in [-0.1, -0.05) is 0 Å². The van der Waals surface area contributed by atoms with Crippen LogP contribution in [0.3, 0.4) is 0 Å². The fourth-order valence-electron chi connectivity index (χ4n) is 2.70. The largest absolute Gasteiger partial charge is 0.369 e. The quantitative estimate of drug-likeness (QED) is 0.679. The third-order valence-corrected chi connectivity index (χ3v) is 5.11. The van der Waals surface area contributed by atoms with Gasteiger partial charge >= 0.3 is 0 Å². The van der Waals surface area contributed by atoms with Crippen LogP contribution in [0.25, 0.3) is 0 Å². The van der Waals surface area contributed by atoms with E-state index >= 15 is 0 Å². The van der Waals surface area contributed by atoms with Gasteiger partial charge in [-0.15, -0.1) is 0 Å². The summed E-state index contributed by atoms with van der Waals surface area (Å²) >= 11 is 0. The smallest absolute Gasteiger partial charge is 0.260 e. The van der Waals surface area contributed by atoms with Gasteiger partial charge in [0.05, 0.1) is 18.5 Å². The van der Waals surface area contributed by atoms with Crippen LogP contribution in [0.4, 0.5) is 4.39 Å². The van der Waals surface area contributed by atoms with E-state index < -0.39 is 21.6 Å². The highest BCUT2D eigenvalue weighted by Gasteiger charge is 2.54. The van der Waals surface area contributed by atoms with Crippen LogP contribution in [0.5, 0.6) is 0 Å². The minimum absolute atomic E-state index is 0.235. The fourth-order valence-corrected chi connectivity index (χ4v) is 3.57. The average Bonchev–Trinajstić information content (AvgIpc) is 3.05. The molecular weight excluding hydrogens is 275 g/mol. The number of alkyl halides is 1. The van der Waals surface area contributed by atoms with Gasteiger partial charge in [0.1, 0.15) is 0 Å². The molecule has 0 radical (unpaired) electrons. The van der Waals surface area contributed by atoms with Gasteiger partial charge in [0.15, 0.2) is 5.67 Å². The fraction of sp³-hybridized carbons (Fsp3) is 0.909. The Hall–Kier alpha value is -0.730. The topological polar surface area (TPSA) is 66.9 Å². The van der Waals surface area contributed by atoms with Crippen LogP contribution in [0.2, 0.25) is 0 Å². The molecule has 8 heteroatoms. The molecule has 0 spiro atoms. The van der Waals surface area contributed by atoms with Crippen LogP contribution in [-0.4, -0.2) is 73.8 Å². The number of sulfonamides is 1. The Morgan fingerprint density at radius 3 is 2.16 bits per heavy atom. The SMILES string of the molecule is CS(=O)(=O)N1CC2CN(C(=O)C3(F)CC3)CC(C1)O2. The summed E-state index contributed by atoms with van der Waals surface area (Å²) in [4.78, 5) is 13.4. The van der Waals surface area contributed by atoms with Gasteiger partial charge < -0.3 is 9.64 Å². The molecule has 3 rings (SSSR count). The Balaban J connectivity index is 1.70. The molecule has 3 fully saturated rings. The molecular formula is C11H17FN2O4S. The minimum atomic E-state index is -3.25. The Morgan fingerprint density at radius 1 is 1.21 bits per heavy atom. The van der Waals surface area contributed by atoms with Gasteiger partial charge in [-0.25, -0.2) is 12.8 Å². The van der Waals surface area contributed by atoms with Crippen molar-refractivity contribution in [2.24, 2.45) is 0 Å². The lowest BCUT2D eigenvalue weighted by molar-refractivity contribution is -0.160. The van der Waals surface area contributed by atoms with Crippen molar-refractivity contribution >= 4 is 15.9 Å². The van der Waals surface area contributed by atoms with Gasteiger partial charge in [0.25, 0.3) is 5.91 Å². The molecule has 0 aromatic rings. The Morgan fingerprint density at radius 2 is 1.74 bits per heavy atom. The van der Waals surface area contributed by atoms with E-state index in [1.54, 1.807) is 0 Å². The maximum Gasteiger partial charge on any atom is 0.260 e. The number of nitrogens with zero attached hydrogens (tertiary/aromatic N) is 2. The van der Waals surface area contributed by atoms with E-state index in [0.717, 1.165) is 6.26 Å². The molecule has 2 atom stereocenters. The van der Waals surface area contributed by atoms with Crippen LogP contribution in [0, 0.1) is 0 Å². The number of ether oxygens (including phenoxy) is 1. The standard InChI is InChI=1S/C11H17FN2O4S/c1-19(16,17)14-6-8-4-13(5-9(7-14)18-8)10(15)11(12)2-3-11/h8-9H,2-7H2,1H3. The highest BCUT2D eigenvalue weighted by molar-refractivity contribution is 7.88. The van der Waals surface area contributed by atoms with Crippen LogP contribution < -0.4 is 0 Å². The number of fused-ring (bicyclic) bond motifs is 2. The number of amides is 1. The van der Waals surface area contributed by atoms with E-state index in [1.807, 2.05) is 0 Å². The molecule has 1 amide bonds. The molecule has 1 saturated carbocycles. The average molecular weight is 292 g/mol. The number of hydrogen-bond acceptors (Lipinski definition) is 4. The molecule has 6 nitrogen and oxygen atoms in total. The van der Waals surface area contributed by atoms with Crippen LogP contribution in [0.1, 0.15) is 12.8 Å². The van der Waals surface area contributed by atoms with Gasteiger partial charge in [-0.3, -0.25) is 4.79 Å². The zero-order valence-electron chi connectivity index (χ0n) is 10.7. The summed E-state index contributed by atoms with van der Waals surface area (Å²) in [6.07, 6.45) is 1.06. The Kier molecular flexibility index (Phi) is 2.88. The molecule has 2 aliphatic heterocycles. The predicted octanol–water partition coefficient (Wildman–Crippen LogP) is -0.640. The number of carbonyl (C=O) groups is 1. The summed E-state index contributed by atoms with van der Waals surface area (Å²) in [6.45, 7) is 1.01. The second-order valence-electron chi connectivity index (χ2n) is 5.64. The minimum Gasteiger partial charge on any atom is -0.369 e. The summed E-state index contributed by atoms with van der Waals surface area (Å²) in [5.74, 6) is -0.460. The Labute approximate surface area is 111 Å². The van der Waals surface area contributed by atoms with Crippen LogP contribution in [0.15, 0.2) is 0 Å². The van der Waals surface area contributed by atoms with Gasteiger partial charge in [0, 0.05) is 26.2 Å². The summed E-state index contributed by atoms with van der Waals surface area (Å²) in [5.41, 5.74) is -1.66. The maximum absolute atomic E-state index is 13.8. The predicted molar refractivity (Wildman–Crippen MR) is 64.7 cm³/mol. The third kappa shape index (κ3) is 2.48. The zero-order valence-corrected chi connectivity index (χ0v) is 11.5. The van der Waals surface area contributed by atoms with Crippen molar-refractivity contribution in [3.05, 3.63) is 0 Å². The monoisotopic (exact) mass is 292 g/mol. The van der Waals surface area contributed by atoms with Crippen molar-refractivity contribution in [1.82, 2.24) is 9.21 Å². The molecule has 3 aliphatic rings. The van der Waals surface area contributed by atoms with E-state index in [-0.39, 0.29) is 38.4 Å². The van der Waals surface area contributed by atoms with Crippen LogP contribution in [-0.2, 0) is 19.6 Å².